The number of rotatable bonds is 5. The number of nitrogens with zero attached hydrogens (tertiary/aromatic N) is 2. The molecule has 0 bridgehead atoms. The summed E-state index contributed by atoms with van der Waals surface area (Å²) < 4.78 is 0. The van der Waals surface area contributed by atoms with E-state index in [1.54, 1.807) is 0 Å². The van der Waals surface area contributed by atoms with E-state index in [2.05, 4.69) is 23.9 Å². The van der Waals surface area contributed by atoms with Crippen LogP contribution in [0.25, 0.3) is 0 Å². The third kappa shape index (κ3) is 4.47. The predicted octanol–water partition coefficient (Wildman–Crippen LogP) is 1.58. The van der Waals surface area contributed by atoms with Gasteiger partial charge in [0.15, 0.2) is 0 Å². The molecule has 0 amide bonds. The molecular formula is C16H27N3O. The van der Waals surface area contributed by atoms with Gasteiger partial charge in [0.1, 0.15) is 0 Å². The van der Waals surface area contributed by atoms with E-state index >= 15 is 0 Å². The van der Waals surface area contributed by atoms with Crippen molar-refractivity contribution < 1.29 is 5.11 Å². The van der Waals surface area contributed by atoms with Crippen LogP contribution in [0.5, 0.6) is 0 Å². The first-order valence-corrected chi connectivity index (χ1v) is 7.45. The average molecular weight is 277 g/mol. The molecule has 2 rings (SSSR count). The van der Waals surface area contributed by atoms with Gasteiger partial charge >= 0.3 is 0 Å². The van der Waals surface area contributed by atoms with Crippen LogP contribution >= 0.6 is 0 Å². The number of benzene rings is 1. The molecule has 3 N–H and O–H groups in total. The first-order chi connectivity index (χ1) is 9.54. The molecule has 0 spiro atoms. The zero-order valence-corrected chi connectivity index (χ0v) is 12.6. The molecule has 0 aliphatic carbocycles. The molecule has 4 heteroatoms. The summed E-state index contributed by atoms with van der Waals surface area (Å²) in [5.41, 5.74) is 7.34. The van der Waals surface area contributed by atoms with E-state index < -0.39 is 6.10 Å². The molecule has 1 aromatic carbocycles. The number of likely N-dealkylation sites (N-methyl/N-ethyl adjacent to an activating group) is 1. The average Bonchev–Trinajstić information content (AvgIpc) is 2.42. The van der Waals surface area contributed by atoms with E-state index in [0.717, 1.165) is 23.7 Å². The molecule has 0 saturated carbocycles. The standard InChI is InChI=1S/C16H27N3O/c1-18-9-7-13(8-10-18)11-19(2)12-16(20)14-3-5-15(17)6-4-14/h3-6,13,16,20H,7-12,17H2,1-2H3. The second-order valence-corrected chi connectivity index (χ2v) is 6.15. The Labute approximate surface area is 122 Å². The third-order valence-corrected chi connectivity index (χ3v) is 4.21. The van der Waals surface area contributed by atoms with Crippen molar-refractivity contribution in [3.05, 3.63) is 29.8 Å². The SMILES string of the molecule is CN1CCC(CN(C)CC(O)c2ccc(N)cc2)CC1. The summed E-state index contributed by atoms with van der Waals surface area (Å²) in [5, 5.41) is 10.3. The number of hydrogen-bond acceptors (Lipinski definition) is 4. The topological polar surface area (TPSA) is 52.7 Å². The number of aliphatic hydroxyl groups excluding tert-OH is 1. The molecule has 1 saturated heterocycles. The summed E-state index contributed by atoms with van der Waals surface area (Å²) in [6.07, 6.45) is 2.09. The lowest BCUT2D eigenvalue weighted by atomic mass is 9.96. The second kappa shape index (κ2) is 7.07. The number of anilines is 1. The molecule has 1 aromatic rings. The maximum Gasteiger partial charge on any atom is 0.0916 e. The van der Waals surface area contributed by atoms with Crippen LogP contribution in [0.15, 0.2) is 24.3 Å². The van der Waals surface area contributed by atoms with Crippen molar-refractivity contribution >= 4 is 5.69 Å². The highest BCUT2D eigenvalue weighted by Crippen LogP contribution is 2.19. The van der Waals surface area contributed by atoms with Gasteiger partial charge in [-0.1, -0.05) is 12.1 Å². The summed E-state index contributed by atoms with van der Waals surface area (Å²) in [4.78, 5) is 4.64. The van der Waals surface area contributed by atoms with Crippen molar-refractivity contribution in [3.8, 4) is 0 Å². The molecule has 0 aromatic heterocycles. The van der Waals surface area contributed by atoms with E-state index in [1.165, 1.54) is 25.9 Å². The van der Waals surface area contributed by atoms with Gasteiger partial charge in [-0.15, -0.1) is 0 Å². The van der Waals surface area contributed by atoms with Crippen LogP contribution < -0.4 is 5.73 Å². The molecule has 1 aliphatic heterocycles. The van der Waals surface area contributed by atoms with Crippen LogP contribution in [0.1, 0.15) is 24.5 Å². The number of nitrogens with two attached hydrogens (primary N) is 1. The minimum atomic E-state index is -0.438. The minimum Gasteiger partial charge on any atom is -0.399 e. The molecule has 1 aliphatic rings. The van der Waals surface area contributed by atoms with Crippen LogP contribution in [-0.4, -0.2) is 55.2 Å². The zero-order chi connectivity index (χ0) is 14.5. The largest absolute Gasteiger partial charge is 0.399 e. The van der Waals surface area contributed by atoms with Crippen molar-refractivity contribution in [1.82, 2.24) is 9.80 Å². The van der Waals surface area contributed by atoms with Gasteiger partial charge in [-0.2, -0.15) is 0 Å². The van der Waals surface area contributed by atoms with Crippen LogP contribution in [0.3, 0.4) is 0 Å². The molecule has 4 nitrogen and oxygen atoms in total. The minimum absolute atomic E-state index is 0.438. The van der Waals surface area contributed by atoms with Crippen molar-refractivity contribution in [2.45, 2.75) is 18.9 Å². The molecule has 1 heterocycles. The van der Waals surface area contributed by atoms with Gasteiger partial charge < -0.3 is 20.6 Å². The van der Waals surface area contributed by atoms with E-state index in [4.69, 9.17) is 5.73 Å². The Kier molecular flexibility index (Phi) is 5.40. The summed E-state index contributed by atoms with van der Waals surface area (Å²) in [7, 11) is 4.28. The van der Waals surface area contributed by atoms with E-state index in [0.29, 0.717) is 6.54 Å². The highest BCUT2D eigenvalue weighted by molar-refractivity contribution is 5.39. The Morgan fingerprint density at radius 2 is 1.90 bits per heavy atom. The van der Waals surface area contributed by atoms with Gasteiger partial charge in [-0.3, -0.25) is 0 Å². The highest BCUT2D eigenvalue weighted by Gasteiger charge is 2.19. The summed E-state index contributed by atoms with van der Waals surface area (Å²) in [6, 6.07) is 7.50. The predicted molar refractivity (Wildman–Crippen MR) is 83.5 cm³/mol. The Balaban J connectivity index is 1.78. The first kappa shape index (κ1) is 15.3. The summed E-state index contributed by atoms with van der Waals surface area (Å²) in [6.45, 7) is 4.13. The van der Waals surface area contributed by atoms with E-state index in [-0.39, 0.29) is 0 Å². The maximum absolute atomic E-state index is 10.3. The summed E-state index contributed by atoms with van der Waals surface area (Å²) in [5.74, 6) is 0.759. The molecule has 20 heavy (non-hydrogen) atoms. The fourth-order valence-electron chi connectivity index (χ4n) is 2.88. The lowest BCUT2D eigenvalue weighted by molar-refractivity contribution is 0.106. The van der Waals surface area contributed by atoms with E-state index in [9.17, 15) is 5.11 Å². The first-order valence-electron chi connectivity index (χ1n) is 7.45. The molecule has 1 fully saturated rings. The van der Waals surface area contributed by atoms with Gasteiger partial charge in [0.25, 0.3) is 0 Å². The molecular weight excluding hydrogens is 250 g/mol. The van der Waals surface area contributed by atoms with Gasteiger partial charge in [-0.05, 0) is 63.6 Å². The molecule has 1 unspecified atom stereocenters. The fourth-order valence-corrected chi connectivity index (χ4v) is 2.88. The number of piperidine rings is 1. The number of aliphatic hydroxyl groups is 1. The quantitative estimate of drug-likeness (QED) is 0.802. The molecule has 1 atom stereocenters. The third-order valence-electron chi connectivity index (χ3n) is 4.21. The van der Waals surface area contributed by atoms with Gasteiger partial charge in [0, 0.05) is 18.8 Å². The number of likely N-dealkylation sites (tertiary alicyclic amines) is 1. The lowest BCUT2D eigenvalue weighted by Crippen LogP contribution is -2.37. The fraction of sp³-hybridized carbons (Fsp3) is 0.625. The smallest absolute Gasteiger partial charge is 0.0916 e. The molecule has 0 radical (unpaired) electrons. The van der Waals surface area contributed by atoms with Gasteiger partial charge in [-0.25, -0.2) is 0 Å². The van der Waals surface area contributed by atoms with Gasteiger partial charge in [0.2, 0.25) is 0 Å². The van der Waals surface area contributed by atoms with Gasteiger partial charge in [0.05, 0.1) is 6.10 Å². The maximum atomic E-state index is 10.3. The van der Waals surface area contributed by atoms with Crippen LogP contribution in [0, 0.1) is 5.92 Å². The van der Waals surface area contributed by atoms with E-state index in [1.807, 2.05) is 24.3 Å². The Bertz CT molecular complexity index is 399. The van der Waals surface area contributed by atoms with Crippen LogP contribution in [0.2, 0.25) is 0 Å². The monoisotopic (exact) mass is 277 g/mol. The Morgan fingerprint density at radius 1 is 1.30 bits per heavy atom. The zero-order valence-electron chi connectivity index (χ0n) is 12.6. The Hall–Kier alpha value is -1.10. The molecule has 112 valence electrons. The van der Waals surface area contributed by atoms with Crippen LogP contribution in [-0.2, 0) is 0 Å². The Morgan fingerprint density at radius 3 is 2.50 bits per heavy atom. The lowest BCUT2D eigenvalue weighted by Gasteiger charge is -2.32. The van der Waals surface area contributed by atoms with Crippen molar-refractivity contribution in [3.63, 3.8) is 0 Å². The van der Waals surface area contributed by atoms with Crippen LogP contribution in [0.4, 0.5) is 5.69 Å². The number of hydrogen-bond donors (Lipinski definition) is 2. The van der Waals surface area contributed by atoms with Crippen molar-refractivity contribution in [2.75, 3.05) is 46.0 Å². The second-order valence-electron chi connectivity index (χ2n) is 6.15. The highest BCUT2D eigenvalue weighted by atomic mass is 16.3. The van der Waals surface area contributed by atoms with Crippen molar-refractivity contribution in [2.24, 2.45) is 5.92 Å². The number of nitrogen functional groups attached to an aromatic ring is 1. The normalized spacial score (nSPS) is 19.4. The van der Waals surface area contributed by atoms with Crippen molar-refractivity contribution in [1.29, 1.82) is 0 Å². The summed E-state index contributed by atoms with van der Waals surface area (Å²) >= 11 is 0.